The second-order valence-electron chi connectivity index (χ2n) is 6.78. The van der Waals surface area contributed by atoms with Crippen molar-refractivity contribution in [2.75, 3.05) is 0 Å². The van der Waals surface area contributed by atoms with E-state index in [-0.39, 0.29) is 5.63 Å². The molecule has 2 aromatic heterocycles. The molecule has 5 nitrogen and oxygen atoms in total. The van der Waals surface area contributed by atoms with Crippen molar-refractivity contribution < 1.29 is 8.83 Å². The third kappa shape index (κ3) is 3.43. The molecular weight excluding hydrogens is 384 g/mol. The summed E-state index contributed by atoms with van der Waals surface area (Å²) >= 11 is 1.40. The van der Waals surface area contributed by atoms with Crippen LogP contribution in [0.5, 0.6) is 0 Å². The monoisotopic (exact) mass is 400 g/mol. The largest absolute Gasteiger partial charge is 0.423 e. The Labute approximate surface area is 170 Å². The van der Waals surface area contributed by atoms with E-state index in [0.717, 1.165) is 32.8 Å². The van der Waals surface area contributed by atoms with Crippen molar-refractivity contribution in [2.45, 2.75) is 17.9 Å². The summed E-state index contributed by atoms with van der Waals surface area (Å²) in [5.74, 6) is 1.00. The molecule has 0 bridgehead atoms. The molecule has 142 valence electrons. The van der Waals surface area contributed by atoms with Crippen molar-refractivity contribution in [3.8, 4) is 11.5 Å². The van der Waals surface area contributed by atoms with Gasteiger partial charge in [0.1, 0.15) is 5.58 Å². The quantitative estimate of drug-likeness (QED) is 0.222. The van der Waals surface area contributed by atoms with Crippen molar-refractivity contribution in [1.29, 1.82) is 0 Å². The zero-order valence-electron chi connectivity index (χ0n) is 15.6. The molecule has 0 fully saturated rings. The molecule has 0 amide bonds. The maximum Gasteiger partial charge on any atom is 0.336 e. The van der Waals surface area contributed by atoms with Crippen LogP contribution in [0, 0.1) is 6.92 Å². The van der Waals surface area contributed by atoms with Crippen molar-refractivity contribution in [3.63, 3.8) is 0 Å². The normalized spacial score (nSPS) is 11.3. The second-order valence-corrected chi connectivity index (χ2v) is 7.71. The molecule has 0 saturated carbocycles. The first kappa shape index (κ1) is 17.7. The molecule has 0 aliphatic rings. The Morgan fingerprint density at radius 1 is 0.931 bits per heavy atom. The van der Waals surface area contributed by atoms with E-state index < -0.39 is 0 Å². The van der Waals surface area contributed by atoms with Crippen molar-refractivity contribution in [3.05, 3.63) is 88.3 Å². The number of aromatic nitrogens is 2. The molecule has 0 spiro atoms. The van der Waals surface area contributed by atoms with Crippen molar-refractivity contribution in [1.82, 2.24) is 10.2 Å². The summed E-state index contributed by atoms with van der Waals surface area (Å²) in [7, 11) is 0. The van der Waals surface area contributed by atoms with Gasteiger partial charge < -0.3 is 8.83 Å². The van der Waals surface area contributed by atoms with Gasteiger partial charge >= 0.3 is 5.63 Å². The summed E-state index contributed by atoms with van der Waals surface area (Å²) in [5, 5.41) is 11.8. The van der Waals surface area contributed by atoms with E-state index in [1.807, 2.05) is 67.6 Å². The Morgan fingerprint density at radius 2 is 1.83 bits per heavy atom. The van der Waals surface area contributed by atoms with E-state index in [4.69, 9.17) is 8.83 Å². The second kappa shape index (κ2) is 7.22. The van der Waals surface area contributed by atoms with Gasteiger partial charge in [-0.05, 0) is 41.5 Å². The molecule has 2 heterocycles. The lowest BCUT2D eigenvalue weighted by molar-refractivity contribution is 0.466. The Kier molecular flexibility index (Phi) is 4.41. The SMILES string of the molecule is Cc1cccc(-c2nnc(SCc3cc(=O)oc4ccc5ccccc5c34)o2)c1. The van der Waals surface area contributed by atoms with Gasteiger partial charge in [-0.15, -0.1) is 10.2 Å². The summed E-state index contributed by atoms with van der Waals surface area (Å²) in [6.45, 7) is 2.02. The highest BCUT2D eigenvalue weighted by atomic mass is 32.2. The average Bonchev–Trinajstić information content (AvgIpc) is 3.21. The van der Waals surface area contributed by atoms with Gasteiger partial charge in [0.25, 0.3) is 5.22 Å². The third-order valence-electron chi connectivity index (χ3n) is 4.74. The van der Waals surface area contributed by atoms with Gasteiger partial charge in [-0.3, -0.25) is 0 Å². The molecule has 3 aromatic carbocycles. The molecule has 0 atom stereocenters. The summed E-state index contributed by atoms with van der Waals surface area (Å²) < 4.78 is 11.2. The number of benzene rings is 3. The maximum atomic E-state index is 12.0. The van der Waals surface area contributed by atoms with Gasteiger partial charge in [0.2, 0.25) is 5.89 Å². The summed E-state index contributed by atoms with van der Waals surface area (Å²) in [6.07, 6.45) is 0. The molecule has 5 aromatic rings. The first-order valence-corrected chi connectivity index (χ1v) is 10.1. The standard InChI is InChI=1S/C23H16N2O3S/c1-14-5-4-7-16(11-14)22-24-25-23(28-22)29-13-17-12-20(26)27-19-10-9-15-6-2-3-8-18(15)21(17)19/h2-12H,13H2,1H3. The minimum absolute atomic E-state index is 0.366. The van der Waals surface area contributed by atoms with Crippen LogP contribution in [0.2, 0.25) is 0 Å². The smallest absolute Gasteiger partial charge is 0.336 e. The highest BCUT2D eigenvalue weighted by molar-refractivity contribution is 7.98. The molecular formula is C23H16N2O3S. The molecule has 29 heavy (non-hydrogen) atoms. The fourth-order valence-corrected chi connectivity index (χ4v) is 4.18. The predicted molar refractivity (Wildman–Crippen MR) is 114 cm³/mol. The zero-order valence-corrected chi connectivity index (χ0v) is 16.4. The molecule has 5 rings (SSSR count). The fourth-order valence-electron chi connectivity index (χ4n) is 3.44. The van der Waals surface area contributed by atoms with Crippen LogP contribution in [0.25, 0.3) is 33.2 Å². The van der Waals surface area contributed by atoms with Crippen molar-refractivity contribution in [2.24, 2.45) is 0 Å². The van der Waals surface area contributed by atoms with Crippen molar-refractivity contribution >= 4 is 33.5 Å². The molecule has 0 N–H and O–H groups in total. The minimum Gasteiger partial charge on any atom is -0.423 e. The molecule has 0 aliphatic carbocycles. The van der Waals surface area contributed by atoms with Crippen LogP contribution in [0.3, 0.4) is 0 Å². The molecule has 0 aliphatic heterocycles. The number of hydrogen-bond acceptors (Lipinski definition) is 6. The van der Waals surface area contributed by atoms with E-state index in [2.05, 4.69) is 10.2 Å². The Balaban J connectivity index is 1.50. The van der Waals surface area contributed by atoms with Gasteiger partial charge in [-0.2, -0.15) is 0 Å². The number of nitrogens with zero attached hydrogens (tertiary/aromatic N) is 2. The zero-order chi connectivity index (χ0) is 19.8. The van der Waals surface area contributed by atoms with Gasteiger partial charge in [0.15, 0.2) is 0 Å². The van der Waals surface area contributed by atoms with Crippen LogP contribution in [-0.4, -0.2) is 10.2 Å². The lowest BCUT2D eigenvalue weighted by atomic mass is 10.0. The van der Waals surface area contributed by atoms with Crippen LogP contribution in [-0.2, 0) is 5.75 Å². The van der Waals surface area contributed by atoms with E-state index in [1.165, 1.54) is 11.8 Å². The predicted octanol–water partition coefficient (Wildman–Crippen LogP) is 5.60. The highest BCUT2D eigenvalue weighted by Crippen LogP contribution is 2.32. The summed E-state index contributed by atoms with van der Waals surface area (Å²) in [6, 6.07) is 21.3. The maximum absolute atomic E-state index is 12.0. The van der Waals surface area contributed by atoms with E-state index in [9.17, 15) is 4.79 Å². The topological polar surface area (TPSA) is 69.1 Å². The number of rotatable bonds is 4. The first-order valence-electron chi connectivity index (χ1n) is 9.15. The third-order valence-corrected chi connectivity index (χ3v) is 5.60. The average molecular weight is 400 g/mol. The van der Waals surface area contributed by atoms with Crippen LogP contribution < -0.4 is 5.63 Å². The number of aryl methyl sites for hydroxylation is 1. The van der Waals surface area contributed by atoms with Gasteiger partial charge in [-0.1, -0.05) is 59.8 Å². The van der Waals surface area contributed by atoms with Gasteiger partial charge in [0, 0.05) is 22.8 Å². The summed E-state index contributed by atoms with van der Waals surface area (Å²) in [4.78, 5) is 12.0. The van der Waals surface area contributed by atoms with E-state index in [1.54, 1.807) is 6.07 Å². The molecule has 0 unspecified atom stereocenters. The van der Waals surface area contributed by atoms with Crippen LogP contribution in [0.1, 0.15) is 11.1 Å². The molecule has 6 heteroatoms. The number of thioether (sulfide) groups is 1. The number of hydrogen-bond donors (Lipinski definition) is 0. The van der Waals surface area contributed by atoms with Crippen LogP contribution in [0.15, 0.2) is 85.6 Å². The highest BCUT2D eigenvalue weighted by Gasteiger charge is 2.13. The molecule has 0 saturated heterocycles. The van der Waals surface area contributed by atoms with E-state index in [0.29, 0.717) is 22.4 Å². The summed E-state index contributed by atoms with van der Waals surface area (Å²) in [5.41, 5.74) is 3.12. The fraction of sp³-hybridized carbons (Fsp3) is 0.0870. The lowest BCUT2D eigenvalue weighted by Crippen LogP contribution is -2.00. The Morgan fingerprint density at radius 3 is 2.72 bits per heavy atom. The first-order chi connectivity index (χ1) is 14.2. The Hall–Kier alpha value is -3.38. The van der Waals surface area contributed by atoms with Gasteiger partial charge in [-0.25, -0.2) is 4.79 Å². The van der Waals surface area contributed by atoms with E-state index >= 15 is 0 Å². The minimum atomic E-state index is -0.366. The molecule has 0 radical (unpaired) electrons. The number of fused-ring (bicyclic) bond motifs is 3. The lowest BCUT2D eigenvalue weighted by Gasteiger charge is -2.07. The Bertz CT molecular complexity index is 1400. The van der Waals surface area contributed by atoms with Crippen LogP contribution in [0.4, 0.5) is 0 Å². The van der Waals surface area contributed by atoms with Crippen LogP contribution >= 0.6 is 11.8 Å². The van der Waals surface area contributed by atoms with Gasteiger partial charge in [0.05, 0.1) is 0 Å².